The van der Waals surface area contributed by atoms with Crippen LogP contribution in [0.15, 0.2) is 83.8 Å². The molecule has 1 amide bonds. The van der Waals surface area contributed by atoms with Gasteiger partial charge >= 0.3 is 0 Å². The lowest BCUT2D eigenvalue weighted by Crippen LogP contribution is -2.26. The van der Waals surface area contributed by atoms with Crippen molar-refractivity contribution in [3.05, 3.63) is 90.2 Å². The fourth-order valence-corrected chi connectivity index (χ4v) is 3.21. The van der Waals surface area contributed by atoms with E-state index in [4.69, 9.17) is 4.74 Å². The molecule has 0 aliphatic carbocycles. The molecule has 7 heteroatoms. The number of halogens is 1. The number of para-hydroxylation sites is 1. The lowest BCUT2D eigenvalue weighted by atomic mass is 10.1. The molecule has 3 aromatic carbocycles. The fourth-order valence-electron chi connectivity index (χ4n) is 2.57. The van der Waals surface area contributed by atoms with Gasteiger partial charge in [-0.3, -0.25) is 4.79 Å². The van der Waals surface area contributed by atoms with E-state index in [2.05, 4.69) is 5.32 Å². The average molecular weight is 399 g/mol. The van der Waals surface area contributed by atoms with Gasteiger partial charge in [0, 0.05) is 11.8 Å². The summed E-state index contributed by atoms with van der Waals surface area (Å²) in [6, 6.07) is 20.8. The van der Waals surface area contributed by atoms with Crippen molar-refractivity contribution in [1.29, 1.82) is 0 Å². The Bertz CT molecular complexity index is 1070. The molecule has 3 rings (SSSR count). The molecule has 0 fully saturated rings. The Balaban J connectivity index is 1.92. The van der Waals surface area contributed by atoms with Crippen molar-refractivity contribution in [3.8, 4) is 5.75 Å². The minimum absolute atomic E-state index is 0.0931. The van der Waals surface area contributed by atoms with E-state index < -0.39 is 27.7 Å². The number of amides is 1. The van der Waals surface area contributed by atoms with Gasteiger partial charge in [0.15, 0.2) is 9.84 Å². The molecule has 5 nitrogen and oxygen atoms in total. The van der Waals surface area contributed by atoms with Crippen LogP contribution in [0.3, 0.4) is 0 Å². The molecule has 0 saturated heterocycles. The van der Waals surface area contributed by atoms with Crippen molar-refractivity contribution in [2.45, 2.75) is 11.0 Å². The Kier molecular flexibility index (Phi) is 5.75. The van der Waals surface area contributed by atoms with Crippen LogP contribution in [0.5, 0.6) is 5.75 Å². The number of carbonyl (C=O) groups is 1. The molecule has 0 heterocycles. The number of carbonyl (C=O) groups excluding carboxylic acids is 1. The summed E-state index contributed by atoms with van der Waals surface area (Å²) in [5.41, 5.74) is 0.342. The maximum Gasteiger partial charge on any atom is 0.270 e. The minimum atomic E-state index is -3.55. The molecule has 0 radical (unpaired) electrons. The standard InChI is InChI=1S/C21H18FNO4S/c1-28(25,26)17-12-13-18(22)19(14-17)23-21(24)20(15-8-4-2-5-9-15)27-16-10-6-3-7-11-16/h2-14,20H,1H3,(H,23,24). The number of rotatable bonds is 6. The summed E-state index contributed by atoms with van der Waals surface area (Å²) in [4.78, 5) is 12.8. The van der Waals surface area contributed by atoms with Crippen LogP contribution in [0.2, 0.25) is 0 Å². The zero-order valence-corrected chi connectivity index (χ0v) is 15.8. The number of nitrogens with one attached hydrogen (secondary N) is 1. The van der Waals surface area contributed by atoms with Crippen LogP contribution in [-0.4, -0.2) is 20.6 Å². The van der Waals surface area contributed by atoms with Gasteiger partial charge in [-0.1, -0.05) is 48.5 Å². The molecule has 1 atom stereocenters. The predicted molar refractivity (Wildman–Crippen MR) is 104 cm³/mol. The smallest absolute Gasteiger partial charge is 0.270 e. The molecule has 0 aromatic heterocycles. The van der Waals surface area contributed by atoms with Crippen LogP contribution in [0, 0.1) is 5.82 Å². The number of hydrogen-bond acceptors (Lipinski definition) is 4. The Labute approximate surface area is 162 Å². The molecule has 0 spiro atoms. The number of ether oxygens (including phenoxy) is 1. The second-order valence-corrected chi connectivity index (χ2v) is 8.14. The quantitative estimate of drug-likeness (QED) is 0.636. The summed E-state index contributed by atoms with van der Waals surface area (Å²) < 4.78 is 43.4. The van der Waals surface area contributed by atoms with E-state index in [1.165, 1.54) is 0 Å². The molecular weight excluding hydrogens is 381 g/mol. The lowest BCUT2D eigenvalue weighted by Gasteiger charge is -2.19. The van der Waals surface area contributed by atoms with Crippen LogP contribution in [0.25, 0.3) is 0 Å². The summed E-state index contributed by atoms with van der Waals surface area (Å²) in [6.45, 7) is 0. The number of sulfone groups is 1. The molecule has 3 aromatic rings. The van der Waals surface area contributed by atoms with Crippen molar-refractivity contribution in [3.63, 3.8) is 0 Å². The van der Waals surface area contributed by atoms with Crippen molar-refractivity contribution in [2.24, 2.45) is 0 Å². The summed E-state index contributed by atoms with van der Waals surface area (Å²) in [7, 11) is -3.55. The zero-order valence-electron chi connectivity index (χ0n) is 15.0. The average Bonchev–Trinajstić information content (AvgIpc) is 2.68. The Morgan fingerprint density at radius 3 is 2.18 bits per heavy atom. The van der Waals surface area contributed by atoms with E-state index in [9.17, 15) is 17.6 Å². The van der Waals surface area contributed by atoms with Gasteiger partial charge in [0.1, 0.15) is 11.6 Å². The predicted octanol–water partition coefficient (Wildman–Crippen LogP) is 3.99. The van der Waals surface area contributed by atoms with Gasteiger partial charge in [0.05, 0.1) is 10.6 Å². The lowest BCUT2D eigenvalue weighted by molar-refractivity contribution is -0.123. The maximum atomic E-state index is 14.2. The highest BCUT2D eigenvalue weighted by molar-refractivity contribution is 7.90. The van der Waals surface area contributed by atoms with Crippen molar-refractivity contribution in [2.75, 3.05) is 11.6 Å². The van der Waals surface area contributed by atoms with Gasteiger partial charge in [-0.05, 0) is 30.3 Å². The van der Waals surface area contributed by atoms with Gasteiger partial charge < -0.3 is 10.1 Å². The highest BCUT2D eigenvalue weighted by Gasteiger charge is 2.24. The molecule has 0 bridgehead atoms. The van der Waals surface area contributed by atoms with Gasteiger partial charge in [-0.15, -0.1) is 0 Å². The summed E-state index contributed by atoms with van der Waals surface area (Å²) in [5.74, 6) is -0.899. The second kappa shape index (κ2) is 8.22. The van der Waals surface area contributed by atoms with Crippen LogP contribution in [0.1, 0.15) is 11.7 Å². The van der Waals surface area contributed by atoms with Crippen molar-refractivity contribution < 1.29 is 22.3 Å². The molecule has 1 unspecified atom stereocenters. The Hall–Kier alpha value is -3.19. The topological polar surface area (TPSA) is 72.5 Å². The third-order valence-electron chi connectivity index (χ3n) is 3.96. The number of benzene rings is 3. The van der Waals surface area contributed by atoms with E-state index in [0.29, 0.717) is 11.3 Å². The first-order chi connectivity index (χ1) is 13.3. The monoisotopic (exact) mass is 399 g/mol. The normalized spacial score (nSPS) is 12.2. The van der Waals surface area contributed by atoms with Gasteiger partial charge in [0.25, 0.3) is 5.91 Å². The van der Waals surface area contributed by atoms with E-state index in [0.717, 1.165) is 24.5 Å². The van der Waals surface area contributed by atoms with E-state index >= 15 is 0 Å². The van der Waals surface area contributed by atoms with Gasteiger partial charge in [-0.25, -0.2) is 12.8 Å². The highest BCUT2D eigenvalue weighted by Crippen LogP contribution is 2.25. The molecule has 0 saturated carbocycles. The van der Waals surface area contributed by atoms with E-state index in [1.54, 1.807) is 54.6 Å². The van der Waals surface area contributed by atoms with Crippen LogP contribution in [0.4, 0.5) is 10.1 Å². The Morgan fingerprint density at radius 2 is 1.57 bits per heavy atom. The largest absolute Gasteiger partial charge is 0.476 e. The number of anilines is 1. The molecule has 0 aliphatic heterocycles. The van der Waals surface area contributed by atoms with Crippen LogP contribution < -0.4 is 10.1 Å². The molecule has 144 valence electrons. The summed E-state index contributed by atoms with van der Waals surface area (Å²) in [6.07, 6.45) is -0.0400. The Morgan fingerprint density at radius 1 is 0.964 bits per heavy atom. The second-order valence-electron chi connectivity index (χ2n) is 6.12. The SMILES string of the molecule is CS(=O)(=O)c1ccc(F)c(NC(=O)C(Oc2ccccc2)c2ccccc2)c1. The minimum Gasteiger partial charge on any atom is -0.476 e. The van der Waals surface area contributed by atoms with Crippen LogP contribution >= 0.6 is 0 Å². The maximum absolute atomic E-state index is 14.2. The molecule has 1 N–H and O–H groups in total. The summed E-state index contributed by atoms with van der Waals surface area (Å²) in [5, 5.41) is 2.44. The highest BCUT2D eigenvalue weighted by atomic mass is 32.2. The van der Waals surface area contributed by atoms with E-state index in [-0.39, 0.29) is 10.6 Å². The molecule has 0 aliphatic rings. The van der Waals surface area contributed by atoms with Gasteiger partial charge in [0.2, 0.25) is 6.10 Å². The first kappa shape index (κ1) is 19.6. The first-order valence-corrected chi connectivity index (χ1v) is 10.3. The zero-order chi connectivity index (χ0) is 20.1. The third-order valence-corrected chi connectivity index (χ3v) is 5.07. The van der Waals surface area contributed by atoms with E-state index in [1.807, 2.05) is 6.07 Å². The van der Waals surface area contributed by atoms with Crippen molar-refractivity contribution in [1.82, 2.24) is 0 Å². The number of hydrogen-bond donors (Lipinski definition) is 1. The van der Waals surface area contributed by atoms with Gasteiger partial charge in [-0.2, -0.15) is 0 Å². The first-order valence-electron chi connectivity index (χ1n) is 8.42. The van der Waals surface area contributed by atoms with Crippen molar-refractivity contribution >= 4 is 21.4 Å². The van der Waals surface area contributed by atoms with Crippen LogP contribution in [-0.2, 0) is 14.6 Å². The molecular formula is C21H18FNO4S. The molecule has 28 heavy (non-hydrogen) atoms. The summed E-state index contributed by atoms with van der Waals surface area (Å²) >= 11 is 0. The fraction of sp³-hybridized carbons (Fsp3) is 0.0952. The third kappa shape index (κ3) is 4.75.